The van der Waals surface area contributed by atoms with E-state index in [0.717, 1.165) is 12.8 Å². The van der Waals surface area contributed by atoms with Gasteiger partial charge in [-0.25, -0.2) is 0 Å². The first-order valence-corrected chi connectivity index (χ1v) is 7.51. The van der Waals surface area contributed by atoms with Gasteiger partial charge in [0.2, 0.25) is 0 Å². The summed E-state index contributed by atoms with van der Waals surface area (Å²) in [5.74, 6) is 0.174. The van der Waals surface area contributed by atoms with E-state index in [9.17, 15) is 0 Å². The fraction of sp³-hybridized carbons (Fsp3) is 1.00. The van der Waals surface area contributed by atoms with Crippen LogP contribution in [0.1, 0.15) is 61.3 Å². The van der Waals surface area contributed by atoms with E-state index in [1.807, 2.05) is 13.8 Å². The summed E-state index contributed by atoms with van der Waals surface area (Å²) < 4.78 is 18.7. The zero-order valence-electron chi connectivity index (χ0n) is 13.4. The standard InChI is InChI=1S/C16H28O3/c1-13(2,3)10-8-15(6)11-12(16(7,9-10)19-15)18-14(4,5)17-11/h10-12H,8-9H2,1-7H3/t10-,11-,12+,15+,16-. The molecule has 0 spiro atoms. The van der Waals surface area contributed by atoms with Gasteiger partial charge in [0, 0.05) is 0 Å². The minimum atomic E-state index is -0.476. The van der Waals surface area contributed by atoms with Crippen LogP contribution in [0.15, 0.2) is 0 Å². The second-order valence-electron chi connectivity index (χ2n) is 8.68. The second-order valence-corrected chi connectivity index (χ2v) is 8.68. The summed E-state index contributed by atoms with van der Waals surface area (Å²) in [6.07, 6.45) is 2.26. The Morgan fingerprint density at radius 3 is 1.63 bits per heavy atom. The fourth-order valence-corrected chi connectivity index (χ4v) is 4.28. The van der Waals surface area contributed by atoms with Crippen molar-refractivity contribution in [1.82, 2.24) is 0 Å². The summed E-state index contributed by atoms with van der Waals surface area (Å²) in [6, 6.07) is 0. The molecule has 0 amide bonds. The Balaban J connectivity index is 1.95. The van der Waals surface area contributed by atoms with Gasteiger partial charge in [-0.1, -0.05) is 20.8 Å². The quantitative estimate of drug-likeness (QED) is 0.673. The lowest BCUT2D eigenvalue weighted by Crippen LogP contribution is -2.49. The molecular weight excluding hydrogens is 240 g/mol. The zero-order chi connectivity index (χ0) is 14.3. The van der Waals surface area contributed by atoms with Gasteiger partial charge in [0.15, 0.2) is 5.79 Å². The highest BCUT2D eigenvalue weighted by atomic mass is 16.8. The highest BCUT2D eigenvalue weighted by molar-refractivity contribution is 5.15. The molecule has 5 atom stereocenters. The topological polar surface area (TPSA) is 27.7 Å². The minimum absolute atomic E-state index is 0.0693. The largest absolute Gasteiger partial charge is 0.363 e. The molecule has 0 radical (unpaired) electrons. The Kier molecular flexibility index (Phi) is 2.59. The van der Waals surface area contributed by atoms with Gasteiger partial charge in [-0.05, 0) is 51.9 Å². The number of hydrogen-bond acceptors (Lipinski definition) is 3. The predicted octanol–water partition coefficient (Wildman–Crippen LogP) is 3.51. The van der Waals surface area contributed by atoms with Crippen molar-refractivity contribution in [1.29, 1.82) is 0 Å². The zero-order valence-corrected chi connectivity index (χ0v) is 13.4. The van der Waals surface area contributed by atoms with E-state index in [0.29, 0.717) is 11.3 Å². The average Bonchev–Trinajstić information content (AvgIpc) is 2.58. The maximum atomic E-state index is 6.41. The summed E-state index contributed by atoms with van der Waals surface area (Å²) in [5.41, 5.74) is -0.104. The lowest BCUT2D eigenvalue weighted by atomic mass is 9.70. The number of ether oxygens (including phenoxy) is 3. The van der Waals surface area contributed by atoms with Crippen molar-refractivity contribution in [3.8, 4) is 0 Å². The fourth-order valence-electron chi connectivity index (χ4n) is 4.28. The van der Waals surface area contributed by atoms with Crippen molar-refractivity contribution < 1.29 is 14.2 Å². The molecule has 0 aromatic rings. The molecule has 0 saturated carbocycles. The van der Waals surface area contributed by atoms with Crippen LogP contribution in [0.2, 0.25) is 0 Å². The van der Waals surface area contributed by atoms with Gasteiger partial charge in [0.1, 0.15) is 12.2 Å². The maximum Gasteiger partial charge on any atom is 0.164 e. The number of hydrogen-bond donors (Lipinski definition) is 0. The van der Waals surface area contributed by atoms with Crippen LogP contribution >= 0.6 is 0 Å². The molecule has 3 nitrogen and oxygen atoms in total. The Morgan fingerprint density at radius 2 is 1.26 bits per heavy atom. The van der Waals surface area contributed by atoms with Gasteiger partial charge in [0.05, 0.1) is 11.2 Å². The van der Waals surface area contributed by atoms with E-state index in [2.05, 4.69) is 34.6 Å². The van der Waals surface area contributed by atoms with E-state index < -0.39 is 5.79 Å². The molecule has 0 N–H and O–H groups in total. The number of fused-ring (bicyclic) bond motifs is 5. The maximum absolute atomic E-state index is 6.41. The normalized spacial score (nSPS) is 52.3. The first-order valence-electron chi connectivity index (χ1n) is 7.51. The van der Waals surface area contributed by atoms with Crippen LogP contribution in [0.25, 0.3) is 0 Å². The first kappa shape index (κ1) is 13.8. The summed E-state index contributed by atoms with van der Waals surface area (Å²) in [4.78, 5) is 0. The summed E-state index contributed by atoms with van der Waals surface area (Å²) >= 11 is 0. The molecule has 3 aliphatic rings. The van der Waals surface area contributed by atoms with Crippen molar-refractivity contribution >= 4 is 0 Å². The Labute approximate surface area is 117 Å². The van der Waals surface area contributed by atoms with Crippen LogP contribution < -0.4 is 0 Å². The summed E-state index contributed by atoms with van der Waals surface area (Å²) in [6.45, 7) is 15.4. The predicted molar refractivity (Wildman–Crippen MR) is 73.9 cm³/mol. The third-order valence-corrected chi connectivity index (χ3v) is 5.29. The van der Waals surface area contributed by atoms with Crippen molar-refractivity contribution in [2.75, 3.05) is 0 Å². The van der Waals surface area contributed by atoms with Gasteiger partial charge in [-0.2, -0.15) is 0 Å². The van der Waals surface area contributed by atoms with Crippen molar-refractivity contribution in [3.63, 3.8) is 0 Å². The van der Waals surface area contributed by atoms with E-state index >= 15 is 0 Å². The van der Waals surface area contributed by atoms with Crippen molar-refractivity contribution in [2.24, 2.45) is 11.3 Å². The van der Waals surface area contributed by atoms with E-state index in [1.54, 1.807) is 0 Å². The minimum Gasteiger partial charge on any atom is -0.363 e. The van der Waals surface area contributed by atoms with Gasteiger partial charge < -0.3 is 14.2 Å². The van der Waals surface area contributed by atoms with E-state index in [4.69, 9.17) is 14.2 Å². The Hall–Kier alpha value is -0.120. The van der Waals surface area contributed by atoms with Crippen LogP contribution in [-0.2, 0) is 14.2 Å². The van der Waals surface area contributed by atoms with Crippen LogP contribution in [0.4, 0.5) is 0 Å². The van der Waals surface area contributed by atoms with Crippen LogP contribution in [0.5, 0.6) is 0 Å². The molecule has 0 aromatic heterocycles. The molecule has 3 fully saturated rings. The molecule has 0 aliphatic carbocycles. The molecule has 0 aromatic carbocycles. The van der Waals surface area contributed by atoms with Crippen molar-refractivity contribution in [2.45, 2.75) is 90.5 Å². The summed E-state index contributed by atoms with van der Waals surface area (Å²) in [5, 5.41) is 0. The van der Waals surface area contributed by atoms with E-state index in [-0.39, 0.29) is 23.4 Å². The Morgan fingerprint density at radius 1 is 0.842 bits per heavy atom. The molecule has 0 unspecified atom stereocenters. The lowest BCUT2D eigenvalue weighted by Gasteiger charge is -2.47. The lowest BCUT2D eigenvalue weighted by molar-refractivity contribution is -0.251. The highest BCUT2D eigenvalue weighted by Gasteiger charge is 2.69. The molecule has 2 bridgehead atoms. The second kappa shape index (κ2) is 3.55. The van der Waals surface area contributed by atoms with Gasteiger partial charge >= 0.3 is 0 Å². The molecule has 19 heavy (non-hydrogen) atoms. The third kappa shape index (κ3) is 1.97. The average molecular weight is 268 g/mol. The van der Waals surface area contributed by atoms with Crippen LogP contribution in [0, 0.1) is 11.3 Å². The van der Waals surface area contributed by atoms with Crippen LogP contribution in [-0.4, -0.2) is 29.2 Å². The number of rotatable bonds is 0. The molecule has 3 rings (SSSR count). The van der Waals surface area contributed by atoms with Gasteiger partial charge in [-0.3, -0.25) is 0 Å². The molecule has 3 saturated heterocycles. The molecule has 3 heteroatoms. The molecule has 110 valence electrons. The SMILES string of the molecule is CC1(C)O[C@@H]2[C@H](O1)[C@@]1(C)C[C@H](C(C)(C)C)C[C@]2(C)O1. The Bertz CT molecular complexity index is 369. The summed E-state index contributed by atoms with van der Waals surface area (Å²) in [7, 11) is 0. The van der Waals surface area contributed by atoms with E-state index in [1.165, 1.54) is 0 Å². The van der Waals surface area contributed by atoms with Crippen LogP contribution in [0.3, 0.4) is 0 Å². The van der Waals surface area contributed by atoms with Crippen molar-refractivity contribution in [3.05, 3.63) is 0 Å². The molecular formula is C16H28O3. The molecule has 3 heterocycles. The van der Waals surface area contributed by atoms with Gasteiger partial charge in [0.25, 0.3) is 0 Å². The first-order chi connectivity index (χ1) is 8.45. The third-order valence-electron chi connectivity index (χ3n) is 5.29. The highest BCUT2D eigenvalue weighted by Crippen LogP contribution is 2.59. The van der Waals surface area contributed by atoms with Gasteiger partial charge in [-0.15, -0.1) is 0 Å². The smallest absolute Gasteiger partial charge is 0.164 e. The monoisotopic (exact) mass is 268 g/mol. The molecule has 3 aliphatic heterocycles.